The quantitative estimate of drug-likeness (QED) is 0.0355. The number of carbonyl (C=O) groups excluding carboxylic acids is 2. The van der Waals surface area contributed by atoms with Crippen LogP contribution in [0.4, 0.5) is 0 Å². The number of esters is 2. The third-order valence-corrected chi connectivity index (χ3v) is 7.49. The topological polar surface area (TPSA) is 119 Å². The van der Waals surface area contributed by atoms with Gasteiger partial charge in [0.2, 0.25) is 0 Å². The zero-order valence-electron chi connectivity index (χ0n) is 26.6. The van der Waals surface area contributed by atoms with Gasteiger partial charge in [-0.05, 0) is 38.5 Å². The number of allylic oxidation sites excluding steroid dienone is 4. The fourth-order valence-corrected chi connectivity index (χ4v) is 4.84. The summed E-state index contributed by atoms with van der Waals surface area (Å²) in [7, 11) is -4.74. The van der Waals surface area contributed by atoms with Crippen LogP contribution in [0.5, 0.6) is 0 Å². The van der Waals surface area contributed by atoms with Gasteiger partial charge in [-0.1, -0.05) is 128 Å². The minimum Gasteiger partial charge on any atom is -0.462 e. The first kappa shape index (κ1) is 40.5. The van der Waals surface area contributed by atoms with E-state index in [1.54, 1.807) is 0 Å². The Morgan fingerprint density at radius 3 is 1.55 bits per heavy atom. The lowest BCUT2D eigenvalue weighted by Crippen LogP contribution is -2.29. The highest BCUT2D eigenvalue weighted by Gasteiger charge is 2.22. The van der Waals surface area contributed by atoms with E-state index in [0.717, 1.165) is 57.8 Å². The number of phosphoric ester groups is 1. The first-order chi connectivity index (χ1) is 20.3. The monoisotopic (exact) mass is 616 g/mol. The van der Waals surface area contributed by atoms with Crippen molar-refractivity contribution in [2.75, 3.05) is 13.2 Å². The maximum Gasteiger partial charge on any atom is 0.469 e. The molecule has 0 aliphatic rings. The number of unbranched alkanes of at least 4 members (excludes halogenated alkanes) is 17. The molecule has 0 bridgehead atoms. The summed E-state index contributed by atoms with van der Waals surface area (Å²) >= 11 is 0. The van der Waals surface area contributed by atoms with Gasteiger partial charge in [0.1, 0.15) is 6.61 Å². The molecule has 0 saturated carbocycles. The number of hydrogen-bond acceptors (Lipinski definition) is 6. The van der Waals surface area contributed by atoms with Crippen molar-refractivity contribution in [3.63, 3.8) is 0 Å². The zero-order valence-corrected chi connectivity index (χ0v) is 27.5. The van der Waals surface area contributed by atoms with Crippen molar-refractivity contribution in [2.24, 2.45) is 0 Å². The maximum absolute atomic E-state index is 12.3. The molecule has 0 fully saturated rings. The molecular weight excluding hydrogens is 555 g/mol. The number of hydrogen-bond donors (Lipinski definition) is 2. The highest BCUT2D eigenvalue weighted by Crippen LogP contribution is 2.35. The average molecular weight is 617 g/mol. The van der Waals surface area contributed by atoms with Gasteiger partial charge in [-0.3, -0.25) is 14.1 Å². The Morgan fingerprint density at radius 2 is 1.05 bits per heavy atom. The molecule has 1 atom stereocenters. The first-order valence-electron chi connectivity index (χ1n) is 16.6. The van der Waals surface area contributed by atoms with Gasteiger partial charge in [-0.2, -0.15) is 0 Å². The molecule has 0 amide bonds. The van der Waals surface area contributed by atoms with Crippen molar-refractivity contribution in [3.05, 3.63) is 24.3 Å². The van der Waals surface area contributed by atoms with Gasteiger partial charge >= 0.3 is 19.8 Å². The summed E-state index contributed by atoms with van der Waals surface area (Å²) in [6.07, 6.45) is 30.5. The number of rotatable bonds is 30. The van der Waals surface area contributed by atoms with Gasteiger partial charge in [-0.15, -0.1) is 0 Å². The van der Waals surface area contributed by atoms with Gasteiger partial charge < -0.3 is 19.3 Å². The summed E-state index contributed by atoms with van der Waals surface area (Å²) in [6.45, 7) is 3.60. The largest absolute Gasteiger partial charge is 0.469 e. The first-order valence-corrected chi connectivity index (χ1v) is 18.2. The molecule has 0 radical (unpaired) electrons. The summed E-state index contributed by atoms with van der Waals surface area (Å²) in [6, 6.07) is 0. The van der Waals surface area contributed by atoms with E-state index < -0.39 is 32.5 Å². The molecule has 0 heterocycles. The average Bonchev–Trinajstić information content (AvgIpc) is 2.95. The smallest absolute Gasteiger partial charge is 0.462 e. The molecule has 0 spiro atoms. The molecule has 9 heteroatoms. The Hall–Kier alpha value is -1.47. The third-order valence-electron chi connectivity index (χ3n) is 7.00. The van der Waals surface area contributed by atoms with E-state index >= 15 is 0 Å². The maximum atomic E-state index is 12.3. The normalized spacial score (nSPS) is 12.8. The van der Waals surface area contributed by atoms with E-state index in [9.17, 15) is 14.2 Å². The molecule has 0 unspecified atom stereocenters. The van der Waals surface area contributed by atoms with Crippen molar-refractivity contribution >= 4 is 19.8 Å². The second-order valence-electron chi connectivity index (χ2n) is 11.2. The SMILES string of the molecule is CCCCCC/C=C/C=C/CCCCCCCC(=O)O[C@H](COC(=O)CCCCCCCCCCC)COP(=O)(O)O. The lowest BCUT2D eigenvalue weighted by Gasteiger charge is -2.18. The van der Waals surface area contributed by atoms with Gasteiger partial charge in [0.25, 0.3) is 0 Å². The summed E-state index contributed by atoms with van der Waals surface area (Å²) in [5, 5.41) is 0. The Kier molecular flexibility index (Phi) is 28.6. The van der Waals surface area contributed by atoms with E-state index in [1.807, 2.05) is 0 Å². The van der Waals surface area contributed by atoms with Crippen LogP contribution in [0, 0.1) is 0 Å². The fraction of sp³-hybridized carbons (Fsp3) is 0.818. The fourth-order valence-electron chi connectivity index (χ4n) is 4.48. The van der Waals surface area contributed by atoms with Crippen molar-refractivity contribution < 1.29 is 37.9 Å². The molecule has 0 aromatic heterocycles. The highest BCUT2D eigenvalue weighted by atomic mass is 31.2. The van der Waals surface area contributed by atoms with E-state index in [0.29, 0.717) is 6.42 Å². The van der Waals surface area contributed by atoms with Crippen molar-refractivity contribution in [2.45, 2.75) is 161 Å². The number of carbonyl (C=O) groups is 2. The van der Waals surface area contributed by atoms with Crippen LogP contribution in [-0.4, -0.2) is 41.0 Å². The lowest BCUT2D eigenvalue weighted by molar-refractivity contribution is -0.161. The number of ether oxygens (including phenoxy) is 2. The summed E-state index contributed by atoms with van der Waals surface area (Å²) in [5.74, 6) is -0.905. The summed E-state index contributed by atoms with van der Waals surface area (Å²) in [4.78, 5) is 42.4. The molecular formula is C33H61O8P. The molecule has 0 aromatic rings. The van der Waals surface area contributed by atoms with Crippen LogP contribution in [0.25, 0.3) is 0 Å². The Morgan fingerprint density at radius 1 is 0.619 bits per heavy atom. The van der Waals surface area contributed by atoms with Crippen LogP contribution >= 0.6 is 7.82 Å². The predicted molar refractivity (Wildman–Crippen MR) is 170 cm³/mol. The van der Waals surface area contributed by atoms with Crippen molar-refractivity contribution in [1.82, 2.24) is 0 Å². The van der Waals surface area contributed by atoms with E-state index in [-0.39, 0.29) is 19.4 Å². The molecule has 246 valence electrons. The van der Waals surface area contributed by atoms with Crippen LogP contribution < -0.4 is 0 Å². The predicted octanol–water partition coefficient (Wildman–Crippen LogP) is 9.29. The molecule has 0 saturated heterocycles. The van der Waals surface area contributed by atoms with Crippen LogP contribution in [0.15, 0.2) is 24.3 Å². The second-order valence-corrected chi connectivity index (χ2v) is 12.4. The van der Waals surface area contributed by atoms with E-state index in [1.165, 1.54) is 64.2 Å². The van der Waals surface area contributed by atoms with Gasteiger partial charge in [-0.25, -0.2) is 4.57 Å². The third kappa shape index (κ3) is 31.5. The Bertz CT molecular complexity index is 746. The standard InChI is InChI=1S/C33H61O8P/c1-3-5-7-9-11-13-14-15-16-17-18-20-22-24-26-28-33(35)41-31(30-40-42(36,37)38)29-39-32(34)27-25-23-21-19-12-10-8-6-4-2/h13-16,31H,3-12,17-30H2,1-2H3,(H2,36,37,38)/b14-13+,16-15+/t31-/m1/s1. The Balaban J connectivity index is 4.05. The summed E-state index contributed by atoms with van der Waals surface area (Å²) < 4.78 is 26.1. The summed E-state index contributed by atoms with van der Waals surface area (Å²) in [5.41, 5.74) is 0. The van der Waals surface area contributed by atoms with Crippen LogP contribution in [0.3, 0.4) is 0 Å². The minimum absolute atomic E-state index is 0.196. The van der Waals surface area contributed by atoms with E-state index in [4.69, 9.17) is 19.3 Å². The molecule has 0 rings (SSSR count). The van der Waals surface area contributed by atoms with Gasteiger partial charge in [0, 0.05) is 12.8 Å². The molecule has 0 aliphatic heterocycles. The number of phosphoric acid groups is 1. The molecule has 0 aromatic carbocycles. The van der Waals surface area contributed by atoms with Crippen LogP contribution in [0.2, 0.25) is 0 Å². The van der Waals surface area contributed by atoms with Gasteiger partial charge in [0.15, 0.2) is 6.10 Å². The van der Waals surface area contributed by atoms with Crippen LogP contribution in [-0.2, 0) is 28.2 Å². The zero-order chi connectivity index (χ0) is 31.2. The van der Waals surface area contributed by atoms with Crippen molar-refractivity contribution in [3.8, 4) is 0 Å². The van der Waals surface area contributed by atoms with Crippen LogP contribution in [0.1, 0.15) is 155 Å². The molecule has 42 heavy (non-hydrogen) atoms. The highest BCUT2D eigenvalue weighted by molar-refractivity contribution is 7.46. The van der Waals surface area contributed by atoms with E-state index in [2.05, 4.69) is 42.7 Å². The minimum atomic E-state index is -4.74. The van der Waals surface area contributed by atoms with Gasteiger partial charge in [0.05, 0.1) is 6.61 Å². The second kappa shape index (κ2) is 29.6. The molecule has 2 N–H and O–H groups in total. The lowest BCUT2D eigenvalue weighted by atomic mass is 10.1. The molecule has 8 nitrogen and oxygen atoms in total. The molecule has 0 aliphatic carbocycles. The van der Waals surface area contributed by atoms with Crippen molar-refractivity contribution in [1.29, 1.82) is 0 Å². The Labute approximate surface area is 256 Å².